The number of esters is 1. The highest BCUT2D eigenvalue weighted by atomic mass is 35.5. The van der Waals surface area contributed by atoms with Crippen LogP contribution in [0.4, 0.5) is 0 Å². The van der Waals surface area contributed by atoms with Gasteiger partial charge in [0.15, 0.2) is 5.78 Å². The number of carbonyl (C=O) groups excluding carboxylic acids is 2. The second kappa shape index (κ2) is 5.90. The molecule has 1 aromatic carbocycles. The van der Waals surface area contributed by atoms with E-state index >= 15 is 0 Å². The fourth-order valence-corrected chi connectivity index (χ4v) is 2.16. The van der Waals surface area contributed by atoms with E-state index in [0.717, 1.165) is 0 Å². The van der Waals surface area contributed by atoms with E-state index in [9.17, 15) is 9.59 Å². The monoisotopic (exact) mass is 302 g/mol. The summed E-state index contributed by atoms with van der Waals surface area (Å²) in [6.07, 6.45) is 0.476. The van der Waals surface area contributed by atoms with E-state index in [1.807, 2.05) is 0 Å². The number of ether oxygens (including phenoxy) is 1. The number of ketones is 1. The molecule has 0 aromatic heterocycles. The summed E-state index contributed by atoms with van der Waals surface area (Å²) >= 11 is 11.6. The lowest BCUT2D eigenvalue weighted by atomic mass is 10.1. The second-order valence-corrected chi connectivity index (χ2v) is 5.15. The summed E-state index contributed by atoms with van der Waals surface area (Å²) in [7, 11) is 0. The van der Waals surface area contributed by atoms with E-state index in [1.165, 1.54) is 6.07 Å². The van der Waals surface area contributed by atoms with Crippen LogP contribution in [0.5, 0.6) is 0 Å². The van der Waals surface area contributed by atoms with Gasteiger partial charge in [0.05, 0.1) is 22.6 Å². The molecule has 1 aromatic rings. The standard InChI is InChI=1S/C13H12Cl2O4/c14-10-2-1-7(5-11(10)15)12(17)8-6-9(8)13(18)19-4-3-16/h1-2,5,8-9,16H,3-4,6H2. The first-order chi connectivity index (χ1) is 9.04. The van der Waals surface area contributed by atoms with Crippen LogP contribution in [0.15, 0.2) is 18.2 Å². The number of carbonyl (C=O) groups is 2. The summed E-state index contributed by atoms with van der Waals surface area (Å²) in [6, 6.07) is 4.64. The fraction of sp³-hybridized carbons (Fsp3) is 0.385. The molecule has 1 aliphatic carbocycles. The van der Waals surface area contributed by atoms with Crippen molar-refractivity contribution >= 4 is 35.0 Å². The minimum absolute atomic E-state index is 0.0387. The quantitative estimate of drug-likeness (QED) is 0.670. The lowest BCUT2D eigenvalue weighted by Gasteiger charge is -2.03. The third kappa shape index (κ3) is 3.26. The molecule has 0 spiro atoms. The smallest absolute Gasteiger partial charge is 0.309 e. The second-order valence-electron chi connectivity index (χ2n) is 4.33. The van der Waals surface area contributed by atoms with E-state index in [0.29, 0.717) is 22.0 Å². The highest BCUT2D eigenvalue weighted by Crippen LogP contribution is 2.42. The van der Waals surface area contributed by atoms with Crippen molar-refractivity contribution < 1.29 is 19.4 Å². The number of Topliss-reactive ketones (excluding diaryl/α,β-unsaturated/α-hetero) is 1. The summed E-state index contributed by atoms with van der Waals surface area (Å²) in [5.41, 5.74) is 0.442. The molecule has 102 valence electrons. The lowest BCUT2D eigenvalue weighted by molar-refractivity contribution is -0.146. The molecule has 1 saturated carbocycles. The molecule has 2 unspecified atom stereocenters. The largest absolute Gasteiger partial charge is 0.463 e. The van der Waals surface area contributed by atoms with Gasteiger partial charge in [0.25, 0.3) is 0 Å². The molecule has 0 aliphatic heterocycles. The average molecular weight is 303 g/mol. The van der Waals surface area contributed by atoms with Gasteiger partial charge in [0.2, 0.25) is 0 Å². The van der Waals surface area contributed by atoms with Gasteiger partial charge >= 0.3 is 5.97 Å². The topological polar surface area (TPSA) is 63.6 Å². The molecular weight excluding hydrogens is 291 g/mol. The van der Waals surface area contributed by atoms with Crippen LogP contribution < -0.4 is 0 Å². The normalized spacial score (nSPS) is 21.0. The Bertz CT molecular complexity index is 515. The Balaban J connectivity index is 1.99. The Labute approximate surface area is 120 Å². The molecule has 0 heterocycles. The Morgan fingerprint density at radius 3 is 2.63 bits per heavy atom. The van der Waals surface area contributed by atoms with Crippen molar-refractivity contribution in [3.8, 4) is 0 Å². The SMILES string of the molecule is O=C(OCCO)C1CC1C(=O)c1ccc(Cl)c(Cl)c1. The van der Waals surface area contributed by atoms with Crippen molar-refractivity contribution in [1.82, 2.24) is 0 Å². The predicted octanol–water partition coefficient (Wildman–Crippen LogP) is 2.35. The average Bonchev–Trinajstić information content (AvgIpc) is 3.18. The third-order valence-corrected chi connectivity index (χ3v) is 3.71. The molecule has 0 amide bonds. The van der Waals surface area contributed by atoms with Crippen LogP contribution >= 0.6 is 23.2 Å². The van der Waals surface area contributed by atoms with E-state index in [1.54, 1.807) is 12.1 Å². The number of hydrogen-bond donors (Lipinski definition) is 1. The zero-order valence-electron chi connectivity index (χ0n) is 9.94. The first-order valence-corrected chi connectivity index (χ1v) is 6.57. The first-order valence-electron chi connectivity index (χ1n) is 5.81. The van der Waals surface area contributed by atoms with Crippen LogP contribution in [0.1, 0.15) is 16.8 Å². The minimum atomic E-state index is -0.438. The summed E-state index contributed by atoms with van der Waals surface area (Å²) in [5, 5.41) is 9.25. The highest BCUT2D eigenvalue weighted by molar-refractivity contribution is 6.42. The number of aliphatic hydroxyl groups excluding tert-OH is 1. The fourth-order valence-electron chi connectivity index (χ4n) is 1.86. The Morgan fingerprint density at radius 2 is 2.00 bits per heavy atom. The molecule has 2 atom stereocenters. The highest BCUT2D eigenvalue weighted by Gasteiger charge is 2.49. The van der Waals surface area contributed by atoms with Gasteiger partial charge in [-0.3, -0.25) is 9.59 Å². The predicted molar refractivity (Wildman–Crippen MR) is 70.4 cm³/mol. The summed E-state index contributed by atoms with van der Waals surface area (Å²) in [6.45, 7) is -0.257. The third-order valence-electron chi connectivity index (χ3n) is 2.97. The zero-order chi connectivity index (χ0) is 14.0. The van der Waals surface area contributed by atoms with E-state index in [4.69, 9.17) is 33.0 Å². The van der Waals surface area contributed by atoms with Crippen LogP contribution in [0.2, 0.25) is 10.0 Å². The molecule has 0 bridgehead atoms. The molecule has 0 saturated heterocycles. The van der Waals surface area contributed by atoms with E-state index < -0.39 is 11.9 Å². The van der Waals surface area contributed by atoms with Crippen molar-refractivity contribution in [1.29, 1.82) is 0 Å². The number of aliphatic hydroxyl groups is 1. The van der Waals surface area contributed by atoms with E-state index in [-0.39, 0.29) is 24.9 Å². The number of halogens is 2. The van der Waals surface area contributed by atoms with Crippen LogP contribution in [-0.2, 0) is 9.53 Å². The van der Waals surface area contributed by atoms with Gasteiger partial charge in [0.1, 0.15) is 6.61 Å². The molecule has 19 heavy (non-hydrogen) atoms. The van der Waals surface area contributed by atoms with Crippen molar-refractivity contribution in [2.24, 2.45) is 11.8 Å². The van der Waals surface area contributed by atoms with Gasteiger partial charge in [0, 0.05) is 11.5 Å². The molecular formula is C13H12Cl2O4. The Hall–Kier alpha value is -1.10. The number of benzene rings is 1. The van der Waals surface area contributed by atoms with Gasteiger partial charge < -0.3 is 9.84 Å². The van der Waals surface area contributed by atoms with Gasteiger partial charge in [-0.2, -0.15) is 0 Å². The van der Waals surface area contributed by atoms with Gasteiger partial charge in [-0.25, -0.2) is 0 Å². The summed E-state index contributed by atoms with van der Waals surface area (Å²) in [4.78, 5) is 23.6. The maximum atomic E-state index is 12.1. The van der Waals surface area contributed by atoms with Crippen LogP contribution in [0.3, 0.4) is 0 Å². The molecule has 6 heteroatoms. The molecule has 0 radical (unpaired) electrons. The van der Waals surface area contributed by atoms with Crippen LogP contribution in [0, 0.1) is 11.8 Å². The molecule has 1 fully saturated rings. The Kier molecular flexibility index (Phi) is 4.45. The van der Waals surface area contributed by atoms with Crippen molar-refractivity contribution in [2.45, 2.75) is 6.42 Å². The first kappa shape index (κ1) is 14.3. The van der Waals surface area contributed by atoms with Crippen molar-refractivity contribution in [2.75, 3.05) is 13.2 Å². The van der Waals surface area contributed by atoms with Crippen molar-refractivity contribution in [3.63, 3.8) is 0 Å². The lowest BCUT2D eigenvalue weighted by Crippen LogP contribution is -2.14. The van der Waals surface area contributed by atoms with Crippen molar-refractivity contribution in [3.05, 3.63) is 33.8 Å². The van der Waals surface area contributed by atoms with Crippen LogP contribution in [0.25, 0.3) is 0 Å². The van der Waals surface area contributed by atoms with Gasteiger partial charge in [-0.15, -0.1) is 0 Å². The van der Waals surface area contributed by atoms with Gasteiger partial charge in [-0.1, -0.05) is 23.2 Å². The summed E-state index contributed by atoms with van der Waals surface area (Å²) < 4.78 is 4.79. The molecule has 4 nitrogen and oxygen atoms in total. The summed E-state index contributed by atoms with van der Waals surface area (Å²) in [5.74, 6) is -1.34. The molecule has 1 N–H and O–H groups in total. The van der Waals surface area contributed by atoms with Gasteiger partial charge in [-0.05, 0) is 24.6 Å². The Morgan fingerprint density at radius 1 is 1.26 bits per heavy atom. The number of rotatable bonds is 5. The minimum Gasteiger partial charge on any atom is -0.463 e. The maximum absolute atomic E-state index is 12.1. The number of hydrogen-bond acceptors (Lipinski definition) is 4. The maximum Gasteiger partial charge on any atom is 0.309 e. The molecule has 2 rings (SSSR count). The van der Waals surface area contributed by atoms with E-state index in [2.05, 4.69) is 0 Å². The molecule has 1 aliphatic rings. The zero-order valence-corrected chi connectivity index (χ0v) is 11.4. The van der Waals surface area contributed by atoms with Crippen LogP contribution in [-0.4, -0.2) is 30.1 Å².